The molecular formula is C62H67BN2O. The lowest BCUT2D eigenvalue weighted by Crippen LogP contribution is -2.61. The fourth-order valence-corrected chi connectivity index (χ4v) is 10.7. The Kier molecular flexibility index (Phi) is 10.5. The molecule has 3 heterocycles. The summed E-state index contributed by atoms with van der Waals surface area (Å²) in [6.07, 6.45) is 4.21. The molecule has 0 spiro atoms. The minimum absolute atomic E-state index is 0.00899. The summed E-state index contributed by atoms with van der Waals surface area (Å²) in [4.78, 5) is 5.13. The largest absolute Gasteiger partial charge is 0.455 e. The first-order valence-electron chi connectivity index (χ1n) is 24.7. The Morgan fingerprint density at radius 1 is 0.424 bits per heavy atom. The van der Waals surface area contributed by atoms with Crippen LogP contribution in [0.25, 0.3) is 33.1 Å². The molecule has 10 rings (SSSR count). The molecule has 66 heavy (non-hydrogen) atoms. The molecule has 0 bridgehead atoms. The second-order valence-corrected chi connectivity index (χ2v) is 21.9. The molecule has 3 nitrogen and oxygen atoms in total. The highest BCUT2D eigenvalue weighted by Gasteiger charge is 2.44. The molecule has 0 amide bonds. The van der Waals surface area contributed by atoms with Crippen molar-refractivity contribution in [3.05, 3.63) is 162 Å². The van der Waals surface area contributed by atoms with Crippen LogP contribution in [0.15, 0.2) is 144 Å². The fraction of sp³-hybridized carbons (Fsp3) is 0.323. The maximum absolute atomic E-state index is 6.79. The van der Waals surface area contributed by atoms with Crippen LogP contribution in [0.2, 0.25) is 0 Å². The summed E-state index contributed by atoms with van der Waals surface area (Å²) in [6, 6.07) is 53.6. The van der Waals surface area contributed by atoms with E-state index in [1.54, 1.807) is 0 Å². The van der Waals surface area contributed by atoms with Crippen molar-refractivity contribution in [2.45, 2.75) is 130 Å². The average molecular weight is 867 g/mol. The zero-order chi connectivity index (χ0) is 46.5. The second-order valence-electron chi connectivity index (χ2n) is 21.9. The molecule has 4 heteroatoms. The fourth-order valence-electron chi connectivity index (χ4n) is 10.7. The molecule has 0 aliphatic carbocycles. The maximum atomic E-state index is 6.79. The molecule has 334 valence electrons. The van der Waals surface area contributed by atoms with Crippen LogP contribution in [-0.4, -0.2) is 6.71 Å². The molecule has 1 aromatic heterocycles. The number of furan rings is 1. The standard InChI is InChI=1S/C62H67BN2O/c1-13-59(5,6)40-27-31-43(32-28-40)64-52-35-29-41(60(7,8)14-2)37-50(52)63-51-38-42(61(9,10)15-3)30-36-53(51)65(55-25-20-24-54(64)57(55)63)44-33-34-49(62(11,12)16-4)48(39-44)47-23-19-22-46-45-21-17-18-26-56(45)66-58(46)47/h17-39H,13-16H2,1-12H3. The molecule has 0 fully saturated rings. The van der Waals surface area contributed by atoms with Gasteiger partial charge in [-0.3, -0.25) is 0 Å². The van der Waals surface area contributed by atoms with Crippen LogP contribution in [0.4, 0.5) is 34.1 Å². The van der Waals surface area contributed by atoms with Crippen molar-refractivity contribution < 1.29 is 4.42 Å². The van der Waals surface area contributed by atoms with E-state index in [1.165, 1.54) is 72.6 Å². The first kappa shape index (κ1) is 43.9. The minimum atomic E-state index is -0.0738. The Morgan fingerprint density at radius 2 is 0.924 bits per heavy atom. The van der Waals surface area contributed by atoms with E-state index in [0.717, 1.165) is 58.9 Å². The Labute approximate surface area is 395 Å². The van der Waals surface area contributed by atoms with Gasteiger partial charge in [-0.2, -0.15) is 0 Å². The zero-order valence-corrected chi connectivity index (χ0v) is 41.5. The van der Waals surface area contributed by atoms with Crippen LogP contribution in [0.3, 0.4) is 0 Å². The van der Waals surface area contributed by atoms with Crippen LogP contribution in [0.5, 0.6) is 0 Å². The number of benzene rings is 7. The van der Waals surface area contributed by atoms with Gasteiger partial charge in [-0.25, -0.2) is 0 Å². The quantitative estimate of drug-likeness (QED) is 0.121. The summed E-state index contributed by atoms with van der Waals surface area (Å²) in [5, 5.41) is 2.30. The van der Waals surface area contributed by atoms with Gasteiger partial charge in [-0.05, 0) is 146 Å². The predicted octanol–water partition coefficient (Wildman–Crippen LogP) is 16.1. The van der Waals surface area contributed by atoms with Crippen molar-refractivity contribution in [2.75, 3.05) is 9.80 Å². The number of nitrogens with zero attached hydrogens (tertiary/aromatic N) is 2. The first-order chi connectivity index (χ1) is 31.5. The lowest BCUT2D eigenvalue weighted by molar-refractivity contribution is 0.506. The summed E-state index contributed by atoms with van der Waals surface area (Å²) in [7, 11) is 0. The molecule has 0 N–H and O–H groups in total. The normalized spacial score (nSPS) is 13.9. The van der Waals surface area contributed by atoms with Crippen molar-refractivity contribution in [1.82, 2.24) is 0 Å². The molecule has 2 aliphatic rings. The number of rotatable bonds is 11. The van der Waals surface area contributed by atoms with Gasteiger partial charge in [0.1, 0.15) is 11.2 Å². The molecule has 8 aromatic rings. The van der Waals surface area contributed by atoms with Gasteiger partial charge < -0.3 is 14.2 Å². The van der Waals surface area contributed by atoms with E-state index in [1.807, 2.05) is 0 Å². The summed E-state index contributed by atoms with van der Waals surface area (Å²) in [5.41, 5.74) is 21.1. The molecule has 0 atom stereocenters. The molecule has 7 aromatic carbocycles. The minimum Gasteiger partial charge on any atom is -0.455 e. The number of hydrogen-bond donors (Lipinski definition) is 0. The Bertz CT molecular complexity index is 3160. The maximum Gasteiger partial charge on any atom is 0.252 e. The summed E-state index contributed by atoms with van der Waals surface area (Å²) in [5.74, 6) is 0. The number of fused-ring (bicyclic) bond motifs is 7. The van der Waals surface area contributed by atoms with E-state index in [4.69, 9.17) is 4.42 Å². The van der Waals surface area contributed by atoms with E-state index in [9.17, 15) is 0 Å². The molecule has 0 saturated heterocycles. The predicted molar refractivity (Wildman–Crippen MR) is 286 cm³/mol. The van der Waals surface area contributed by atoms with Gasteiger partial charge in [0.15, 0.2) is 0 Å². The van der Waals surface area contributed by atoms with Crippen molar-refractivity contribution in [1.29, 1.82) is 0 Å². The third kappa shape index (κ3) is 6.84. The van der Waals surface area contributed by atoms with Gasteiger partial charge in [0, 0.05) is 50.5 Å². The molecule has 0 radical (unpaired) electrons. The highest BCUT2D eigenvalue weighted by molar-refractivity contribution is 7.00. The van der Waals surface area contributed by atoms with Gasteiger partial charge in [0.05, 0.1) is 0 Å². The van der Waals surface area contributed by atoms with Crippen molar-refractivity contribution in [2.24, 2.45) is 0 Å². The SMILES string of the molecule is CCC(C)(C)c1ccc(N2c3ccc(C(C)(C)CC)cc3B3c4cc(C(C)(C)CC)ccc4N(c4ccc(C(C)(C)CC)c(-c5cccc6c5oc5ccccc56)c4)c4cccc2c43)cc1. The van der Waals surface area contributed by atoms with Gasteiger partial charge in [0.2, 0.25) is 0 Å². The van der Waals surface area contributed by atoms with Gasteiger partial charge >= 0.3 is 0 Å². The van der Waals surface area contributed by atoms with Crippen LogP contribution in [-0.2, 0) is 21.7 Å². The monoisotopic (exact) mass is 867 g/mol. The third-order valence-electron chi connectivity index (χ3n) is 16.7. The highest BCUT2D eigenvalue weighted by Crippen LogP contribution is 2.48. The third-order valence-corrected chi connectivity index (χ3v) is 16.7. The summed E-state index contributed by atoms with van der Waals surface area (Å²) in [6.45, 7) is 28.3. The Morgan fingerprint density at radius 3 is 1.52 bits per heavy atom. The average Bonchev–Trinajstić information content (AvgIpc) is 3.72. The number of para-hydroxylation sites is 2. The lowest BCUT2D eigenvalue weighted by Gasteiger charge is -2.45. The number of hydrogen-bond acceptors (Lipinski definition) is 3. The lowest BCUT2D eigenvalue weighted by atomic mass is 9.33. The van der Waals surface area contributed by atoms with Crippen LogP contribution < -0.4 is 26.2 Å². The Hall–Kier alpha value is -6.00. The smallest absolute Gasteiger partial charge is 0.252 e. The van der Waals surface area contributed by atoms with E-state index in [0.29, 0.717) is 0 Å². The Balaban J connectivity index is 1.27. The van der Waals surface area contributed by atoms with Crippen molar-refractivity contribution >= 4 is 79.2 Å². The first-order valence-corrected chi connectivity index (χ1v) is 24.7. The van der Waals surface area contributed by atoms with Crippen LogP contribution in [0, 0.1) is 0 Å². The second kappa shape index (κ2) is 15.8. The van der Waals surface area contributed by atoms with E-state index in [-0.39, 0.29) is 28.4 Å². The molecular weight excluding hydrogens is 800 g/mol. The summed E-state index contributed by atoms with van der Waals surface area (Å²) < 4.78 is 6.79. The van der Waals surface area contributed by atoms with Crippen molar-refractivity contribution in [3.8, 4) is 11.1 Å². The zero-order valence-electron chi connectivity index (χ0n) is 41.5. The topological polar surface area (TPSA) is 19.6 Å². The van der Waals surface area contributed by atoms with E-state index < -0.39 is 0 Å². The van der Waals surface area contributed by atoms with Gasteiger partial charge in [-0.1, -0.05) is 168 Å². The molecule has 0 unspecified atom stereocenters. The summed E-state index contributed by atoms with van der Waals surface area (Å²) >= 11 is 0. The highest BCUT2D eigenvalue weighted by atomic mass is 16.3. The molecule has 0 saturated carbocycles. The van der Waals surface area contributed by atoms with Gasteiger partial charge in [-0.15, -0.1) is 0 Å². The van der Waals surface area contributed by atoms with Crippen LogP contribution >= 0.6 is 0 Å². The van der Waals surface area contributed by atoms with Crippen molar-refractivity contribution in [3.63, 3.8) is 0 Å². The van der Waals surface area contributed by atoms with E-state index in [2.05, 4.69) is 232 Å². The van der Waals surface area contributed by atoms with Gasteiger partial charge in [0.25, 0.3) is 6.71 Å². The molecule has 2 aliphatic heterocycles. The number of anilines is 6. The van der Waals surface area contributed by atoms with E-state index >= 15 is 0 Å². The van der Waals surface area contributed by atoms with Crippen LogP contribution in [0.1, 0.15) is 131 Å².